The maximum Gasteiger partial charge on any atom is 0.135 e. The SMILES string of the molecule is FCCNc1cnc(-c2ccc3nonc3c2)s1. The lowest BCUT2D eigenvalue weighted by Gasteiger charge is -1.96. The number of alkyl halides is 1. The summed E-state index contributed by atoms with van der Waals surface area (Å²) < 4.78 is 16.7. The molecule has 0 amide bonds. The summed E-state index contributed by atoms with van der Waals surface area (Å²) in [5.74, 6) is 0. The number of anilines is 1. The molecule has 1 N–H and O–H groups in total. The second-order valence-corrected chi connectivity index (χ2v) is 4.64. The Balaban J connectivity index is 1.90. The molecule has 0 aliphatic carbocycles. The standard InChI is InChI=1S/C11H9FN4OS/c12-3-4-13-10-6-14-11(18-10)7-1-2-8-9(5-7)16-17-15-8/h1-2,5-6,13H,3-4H2. The van der Waals surface area contributed by atoms with Crippen LogP contribution >= 0.6 is 11.3 Å². The summed E-state index contributed by atoms with van der Waals surface area (Å²) in [5, 5.41) is 12.2. The summed E-state index contributed by atoms with van der Waals surface area (Å²) in [5.41, 5.74) is 2.35. The Kier molecular flexibility index (Phi) is 2.89. The van der Waals surface area contributed by atoms with E-state index in [2.05, 4.69) is 25.2 Å². The van der Waals surface area contributed by atoms with Crippen LogP contribution in [-0.2, 0) is 0 Å². The average molecular weight is 264 g/mol. The van der Waals surface area contributed by atoms with Crippen molar-refractivity contribution in [2.75, 3.05) is 18.5 Å². The van der Waals surface area contributed by atoms with Gasteiger partial charge in [0.2, 0.25) is 0 Å². The summed E-state index contributed by atoms with van der Waals surface area (Å²) in [6, 6.07) is 5.60. The Bertz CT molecular complexity index is 666. The second-order valence-electron chi connectivity index (χ2n) is 3.61. The number of rotatable bonds is 4. The first kappa shape index (κ1) is 11.1. The van der Waals surface area contributed by atoms with Gasteiger partial charge < -0.3 is 5.32 Å². The molecular formula is C11H9FN4OS. The third-order valence-corrected chi connectivity index (χ3v) is 3.40. The molecule has 0 spiro atoms. The van der Waals surface area contributed by atoms with Crippen LogP contribution in [0, 0.1) is 0 Å². The van der Waals surface area contributed by atoms with E-state index in [1.807, 2.05) is 18.2 Å². The summed E-state index contributed by atoms with van der Waals surface area (Å²) in [7, 11) is 0. The van der Waals surface area contributed by atoms with Crippen LogP contribution in [0.3, 0.4) is 0 Å². The fourth-order valence-corrected chi connectivity index (χ4v) is 2.41. The summed E-state index contributed by atoms with van der Waals surface area (Å²) >= 11 is 1.47. The third kappa shape index (κ3) is 2.04. The number of thiazole rings is 1. The maximum absolute atomic E-state index is 12.0. The van der Waals surface area contributed by atoms with Crippen LogP contribution in [-0.4, -0.2) is 28.5 Å². The molecule has 0 bridgehead atoms. The van der Waals surface area contributed by atoms with Gasteiger partial charge in [-0.2, -0.15) is 0 Å². The highest BCUT2D eigenvalue weighted by Crippen LogP contribution is 2.29. The lowest BCUT2D eigenvalue weighted by atomic mass is 10.2. The molecule has 0 radical (unpaired) electrons. The smallest absolute Gasteiger partial charge is 0.135 e. The number of halogens is 1. The van der Waals surface area contributed by atoms with Crippen LogP contribution < -0.4 is 5.32 Å². The molecule has 2 heterocycles. The molecule has 92 valence electrons. The van der Waals surface area contributed by atoms with Crippen molar-refractivity contribution in [1.29, 1.82) is 0 Å². The quantitative estimate of drug-likeness (QED) is 0.785. The van der Waals surface area contributed by atoms with Crippen molar-refractivity contribution in [3.8, 4) is 10.6 Å². The molecule has 2 aromatic heterocycles. The molecule has 5 nitrogen and oxygen atoms in total. The minimum Gasteiger partial charge on any atom is -0.373 e. The molecule has 18 heavy (non-hydrogen) atoms. The molecule has 0 unspecified atom stereocenters. The number of benzene rings is 1. The van der Waals surface area contributed by atoms with Crippen molar-refractivity contribution in [1.82, 2.24) is 15.3 Å². The zero-order chi connectivity index (χ0) is 12.4. The maximum atomic E-state index is 12.0. The molecule has 0 aliphatic rings. The molecule has 0 atom stereocenters. The number of nitrogens with zero attached hydrogens (tertiary/aromatic N) is 3. The van der Waals surface area contributed by atoms with Crippen molar-refractivity contribution in [3.05, 3.63) is 24.4 Å². The van der Waals surface area contributed by atoms with E-state index < -0.39 is 6.67 Å². The van der Waals surface area contributed by atoms with Gasteiger partial charge in [-0.3, -0.25) is 0 Å². The third-order valence-electron chi connectivity index (χ3n) is 2.40. The van der Waals surface area contributed by atoms with Gasteiger partial charge in [0.1, 0.15) is 27.7 Å². The monoisotopic (exact) mass is 264 g/mol. The Labute approximate surface area is 106 Å². The van der Waals surface area contributed by atoms with Gasteiger partial charge in [0.05, 0.1) is 6.20 Å². The Morgan fingerprint density at radius 1 is 1.28 bits per heavy atom. The van der Waals surface area contributed by atoms with Crippen molar-refractivity contribution >= 4 is 27.4 Å². The predicted octanol–water partition coefficient (Wildman–Crippen LogP) is 2.73. The van der Waals surface area contributed by atoms with Crippen LogP contribution in [0.15, 0.2) is 29.0 Å². The Morgan fingerprint density at radius 3 is 3.06 bits per heavy atom. The highest BCUT2D eigenvalue weighted by atomic mass is 32.1. The van der Waals surface area contributed by atoms with Gasteiger partial charge in [-0.25, -0.2) is 14.0 Å². The lowest BCUT2D eigenvalue weighted by Crippen LogP contribution is -2.00. The van der Waals surface area contributed by atoms with Gasteiger partial charge in [0.25, 0.3) is 0 Å². The predicted molar refractivity (Wildman–Crippen MR) is 67.4 cm³/mol. The number of nitrogens with one attached hydrogen (secondary N) is 1. The van der Waals surface area contributed by atoms with Crippen LogP contribution in [0.25, 0.3) is 21.6 Å². The largest absolute Gasteiger partial charge is 0.373 e. The van der Waals surface area contributed by atoms with Gasteiger partial charge in [-0.05, 0) is 28.5 Å². The van der Waals surface area contributed by atoms with Crippen molar-refractivity contribution in [3.63, 3.8) is 0 Å². The van der Waals surface area contributed by atoms with E-state index in [4.69, 9.17) is 0 Å². The van der Waals surface area contributed by atoms with Gasteiger partial charge in [-0.15, -0.1) is 0 Å². The molecule has 3 aromatic rings. The van der Waals surface area contributed by atoms with Crippen LogP contribution in [0.5, 0.6) is 0 Å². The van der Waals surface area contributed by atoms with Gasteiger partial charge in [0, 0.05) is 12.1 Å². The number of aromatic nitrogens is 3. The number of hydrogen-bond acceptors (Lipinski definition) is 6. The van der Waals surface area contributed by atoms with Gasteiger partial charge >= 0.3 is 0 Å². The number of fused-ring (bicyclic) bond motifs is 1. The summed E-state index contributed by atoms with van der Waals surface area (Å²) in [6.45, 7) is -0.0995. The van der Waals surface area contributed by atoms with E-state index >= 15 is 0 Å². The van der Waals surface area contributed by atoms with Crippen LogP contribution in [0.4, 0.5) is 9.39 Å². The highest BCUT2D eigenvalue weighted by Gasteiger charge is 2.07. The fourth-order valence-electron chi connectivity index (χ4n) is 1.57. The van der Waals surface area contributed by atoms with E-state index in [-0.39, 0.29) is 0 Å². The fraction of sp³-hybridized carbons (Fsp3) is 0.182. The summed E-state index contributed by atoms with van der Waals surface area (Å²) in [4.78, 5) is 4.29. The molecule has 0 saturated carbocycles. The molecule has 0 saturated heterocycles. The van der Waals surface area contributed by atoms with E-state index in [0.29, 0.717) is 17.6 Å². The Hall–Kier alpha value is -2.02. The normalized spacial score (nSPS) is 10.9. The first-order chi connectivity index (χ1) is 8.86. The minimum atomic E-state index is -0.399. The van der Waals surface area contributed by atoms with Crippen molar-refractivity contribution < 1.29 is 9.02 Å². The van der Waals surface area contributed by atoms with Crippen LogP contribution in [0.1, 0.15) is 0 Å². The number of hydrogen-bond donors (Lipinski definition) is 1. The van der Waals surface area contributed by atoms with E-state index in [1.54, 1.807) is 6.20 Å². The lowest BCUT2D eigenvalue weighted by molar-refractivity contribution is 0.315. The van der Waals surface area contributed by atoms with Gasteiger partial charge in [-0.1, -0.05) is 11.3 Å². The van der Waals surface area contributed by atoms with Crippen molar-refractivity contribution in [2.45, 2.75) is 0 Å². The van der Waals surface area contributed by atoms with E-state index in [1.165, 1.54) is 11.3 Å². The molecule has 3 rings (SSSR count). The molecule has 1 aromatic carbocycles. The van der Waals surface area contributed by atoms with Gasteiger partial charge in [0.15, 0.2) is 0 Å². The second kappa shape index (κ2) is 4.69. The first-order valence-electron chi connectivity index (χ1n) is 5.35. The topological polar surface area (TPSA) is 63.8 Å². The highest BCUT2D eigenvalue weighted by molar-refractivity contribution is 7.18. The van der Waals surface area contributed by atoms with Crippen molar-refractivity contribution in [2.24, 2.45) is 0 Å². The zero-order valence-corrected chi connectivity index (χ0v) is 10.1. The molecular weight excluding hydrogens is 255 g/mol. The molecule has 0 fully saturated rings. The average Bonchev–Trinajstić information content (AvgIpc) is 3.04. The van der Waals surface area contributed by atoms with E-state index in [9.17, 15) is 4.39 Å². The zero-order valence-electron chi connectivity index (χ0n) is 9.26. The van der Waals surface area contributed by atoms with E-state index in [0.717, 1.165) is 15.6 Å². The molecule has 7 heteroatoms. The van der Waals surface area contributed by atoms with Crippen LogP contribution in [0.2, 0.25) is 0 Å². The molecule has 0 aliphatic heterocycles. The first-order valence-corrected chi connectivity index (χ1v) is 6.17. The minimum absolute atomic E-state index is 0.299. The Morgan fingerprint density at radius 2 is 2.17 bits per heavy atom. The summed E-state index contributed by atoms with van der Waals surface area (Å²) in [6.07, 6.45) is 1.70.